The molecule has 0 radical (unpaired) electrons. The monoisotopic (exact) mass is 396 g/mol. The fourth-order valence-corrected chi connectivity index (χ4v) is 2.35. The van der Waals surface area contributed by atoms with Gasteiger partial charge in [-0.1, -0.05) is 23.2 Å². The van der Waals surface area contributed by atoms with E-state index in [1.807, 2.05) is 0 Å². The summed E-state index contributed by atoms with van der Waals surface area (Å²) in [6.45, 7) is 0. The van der Waals surface area contributed by atoms with Gasteiger partial charge in [0.1, 0.15) is 5.75 Å². The third kappa shape index (κ3) is 4.28. The second-order valence-electron chi connectivity index (χ2n) is 4.56. The van der Waals surface area contributed by atoms with Crippen molar-refractivity contribution in [3.05, 3.63) is 66.2 Å². The van der Waals surface area contributed by atoms with Crippen LogP contribution >= 0.6 is 23.2 Å². The molecule has 12 heteroatoms. The fraction of sp³-hybridized carbons (Fsp3) is 0.0769. The summed E-state index contributed by atoms with van der Waals surface area (Å²) in [5.74, 6) is -1.19. The molecule has 2 aromatic rings. The first-order valence-electron chi connectivity index (χ1n) is 6.17. The minimum atomic E-state index is -5.02. The molecule has 0 spiro atoms. The van der Waals surface area contributed by atoms with Crippen LogP contribution in [0.15, 0.2) is 30.3 Å². The summed E-state index contributed by atoms with van der Waals surface area (Å²) in [6, 6.07) is 3.87. The predicted molar refractivity (Wildman–Crippen MR) is 81.3 cm³/mol. The first kappa shape index (κ1) is 18.7. The number of nitrogens with zero attached hydrogens (tertiary/aromatic N) is 2. The van der Waals surface area contributed by atoms with E-state index in [0.29, 0.717) is 0 Å². The second kappa shape index (κ2) is 6.73. The van der Waals surface area contributed by atoms with Crippen molar-refractivity contribution in [1.29, 1.82) is 0 Å². The molecule has 0 heterocycles. The summed E-state index contributed by atoms with van der Waals surface area (Å²) in [5, 5.41) is 22.3. The Kier molecular flexibility index (Phi) is 5.04. The first-order chi connectivity index (χ1) is 11.5. The van der Waals surface area contributed by atoms with Crippen LogP contribution in [0.1, 0.15) is 5.56 Å². The molecule has 2 aromatic carbocycles. The normalized spacial score (nSPS) is 11.2. The SMILES string of the molecule is O=[N+]([O-])c1cc(C(F)(F)F)cc([N+](=O)[O-])c1Oc1cc(Cl)cc(Cl)c1. The van der Waals surface area contributed by atoms with Crippen LogP contribution in [0.2, 0.25) is 10.0 Å². The van der Waals surface area contributed by atoms with Crippen LogP contribution < -0.4 is 4.74 Å². The second-order valence-corrected chi connectivity index (χ2v) is 5.44. The van der Waals surface area contributed by atoms with Gasteiger partial charge in [0.15, 0.2) is 0 Å². The van der Waals surface area contributed by atoms with E-state index in [-0.39, 0.29) is 27.9 Å². The molecule has 7 nitrogen and oxygen atoms in total. The van der Waals surface area contributed by atoms with E-state index in [9.17, 15) is 33.4 Å². The number of ether oxygens (including phenoxy) is 1. The van der Waals surface area contributed by atoms with Crippen molar-refractivity contribution in [2.24, 2.45) is 0 Å². The smallest absolute Gasteiger partial charge is 0.416 e. The molecule has 132 valence electrons. The molecule has 0 aromatic heterocycles. The van der Waals surface area contributed by atoms with Gasteiger partial charge in [-0.15, -0.1) is 0 Å². The van der Waals surface area contributed by atoms with E-state index in [4.69, 9.17) is 27.9 Å². The summed E-state index contributed by atoms with van der Waals surface area (Å²) in [6.07, 6.45) is -5.02. The van der Waals surface area contributed by atoms with Gasteiger partial charge in [-0.2, -0.15) is 13.2 Å². The van der Waals surface area contributed by atoms with Crippen LogP contribution in [-0.4, -0.2) is 9.85 Å². The molecular formula is C13H5Cl2F3N2O5. The van der Waals surface area contributed by atoms with Crippen LogP contribution in [0.4, 0.5) is 24.5 Å². The number of hydrogen-bond acceptors (Lipinski definition) is 5. The van der Waals surface area contributed by atoms with Crippen molar-refractivity contribution in [1.82, 2.24) is 0 Å². The Morgan fingerprint density at radius 2 is 1.32 bits per heavy atom. The molecule has 0 fully saturated rings. The van der Waals surface area contributed by atoms with Gasteiger partial charge in [0.05, 0.1) is 15.4 Å². The molecule has 25 heavy (non-hydrogen) atoms. The molecule has 0 bridgehead atoms. The highest BCUT2D eigenvalue weighted by Crippen LogP contribution is 2.45. The van der Waals surface area contributed by atoms with Crippen molar-refractivity contribution in [2.45, 2.75) is 6.18 Å². The molecule has 0 saturated heterocycles. The van der Waals surface area contributed by atoms with Gasteiger partial charge in [-0.05, 0) is 18.2 Å². The first-order valence-corrected chi connectivity index (χ1v) is 6.92. The maximum atomic E-state index is 12.8. The highest BCUT2D eigenvalue weighted by Gasteiger charge is 2.38. The Balaban J connectivity index is 2.69. The Labute approximate surface area is 146 Å². The minimum absolute atomic E-state index is 0.0553. The average molecular weight is 397 g/mol. The van der Waals surface area contributed by atoms with E-state index < -0.39 is 38.7 Å². The largest absolute Gasteiger partial charge is 0.444 e. The van der Waals surface area contributed by atoms with Gasteiger partial charge < -0.3 is 4.74 Å². The van der Waals surface area contributed by atoms with Gasteiger partial charge in [-0.3, -0.25) is 20.2 Å². The van der Waals surface area contributed by atoms with Crippen LogP contribution in [0.25, 0.3) is 0 Å². The van der Waals surface area contributed by atoms with Gasteiger partial charge >= 0.3 is 17.6 Å². The number of nitro groups is 2. The molecule has 2 rings (SSSR count). The maximum absolute atomic E-state index is 12.8. The number of benzene rings is 2. The number of alkyl halides is 3. The van der Waals surface area contributed by atoms with Crippen molar-refractivity contribution >= 4 is 34.6 Å². The van der Waals surface area contributed by atoms with Gasteiger partial charge in [0, 0.05) is 22.2 Å². The summed E-state index contributed by atoms with van der Waals surface area (Å²) in [5.41, 5.74) is -4.00. The molecule has 0 aliphatic rings. The van der Waals surface area contributed by atoms with E-state index in [1.165, 1.54) is 6.07 Å². The zero-order valence-electron chi connectivity index (χ0n) is 11.7. The summed E-state index contributed by atoms with van der Waals surface area (Å²) >= 11 is 11.5. The zero-order valence-corrected chi connectivity index (χ0v) is 13.2. The highest BCUT2D eigenvalue weighted by molar-refractivity contribution is 6.34. The highest BCUT2D eigenvalue weighted by atomic mass is 35.5. The average Bonchev–Trinajstić information content (AvgIpc) is 2.44. The number of hydrogen-bond donors (Lipinski definition) is 0. The molecule has 0 saturated carbocycles. The van der Waals surface area contributed by atoms with Crippen molar-refractivity contribution in [3.63, 3.8) is 0 Å². The molecule has 0 amide bonds. The molecule has 0 unspecified atom stereocenters. The Morgan fingerprint density at radius 3 is 1.68 bits per heavy atom. The number of nitro benzene ring substituents is 2. The summed E-state index contributed by atoms with van der Waals surface area (Å²) < 4.78 is 43.5. The number of halogens is 5. The lowest BCUT2D eigenvalue weighted by Gasteiger charge is -2.11. The van der Waals surface area contributed by atoms with Crippen LogP contribution in [0.5, 0.6) is 11.5 Å². The third-order valence-corrected chi connectivity index (χ3v) is 3.26. The lowest BCUT2D eigenvalue weighted by Crippen LogP contribution is -2.08. The third-order valence-electron chi connectivity index (χ3n) is 2.83. The summed E-state index contributed by atoms with van der Waals surface area (Å²) in [7, 11) is 0. The van der Waals surface area contributed by atoms with Crippen LogP contribution in [0, 0.1) is 20.2 Å². The molecular weight excluding hydrogens is 392 g/mol. The van der Waals surface area contributed by atoms with E-state index in [2.05, 4.69) is 0 Å². The zero-order chi connectivity index (χ0) is 18.9. The quantitative estimate of drug-likeness (QED) is 0.493. The van der Waals surface area contributed by atoms with Gasteiger partial charge in [-0.25, -0.2) is 0 Å². The molecule has 0 aliphatic heterocycles. The van der Waals surface area contributed by atoms with Crippen LogP contribution in [0.3, 0.4) is 0 Å². The van der Waals surface area contributed by atoms with Crippen molar-refractivity contribution < 1.29 is 27.8 Å². The van der Waals surface area contributed by atoms with E-state index in [0.717, 1.165) is 12.1 Å². The Bertz CT molecular complexity index is 818. The van der Waals surface area contributed by atoms with Crippen LogP contribution in [-0.2, 0) is 6.18 Å². The maximum Gasteiger partial charge on any atom is 0.416 e. The lowest BCUT2D eigenvalue weighted by atomic mass is 10.1. The standard InChI is InChI=1S/C13H5Cl2F3N2O5/c14-7-3-8(15)5-9(4-7)25-12-10(19(21)22)1-6(13(16,17)18)2-11(12)20(23)24/h1-5H. The lowest BCUT2D eigenvalue weighted by molar-refractivity contribution is -0.396. The van der Waals surface area contributed by atoms with Crippen molar-refractivity contribution in [3.8, 4) is 11.5 Å². The van der Waals surface area contributed by atoms with E-state index >= 15 is 0 Å². The summed E-state index contributed by atoms with van der Waals surface area (Å²) in [4.78, 5) is 19.7. The fourth-order valence-electron chi connectivity index (χ4n) is 1.84. The minimum Gasteiger partial charge on any atom is -0.444 e. The molecule has 0 atom stereocenters. The predicted octanol–water partition coefficient (Wildman–Crippen LogP) is 5.62. The van der Waals surface area contributed by atoms with Crippen molar-refractivity contribution in [2.75, 3.05) is 0 Å². The Morgan fingerprint density at radius 1 is 0.880 bits per heavy atom. The number of rotatable bonds is 4. The van der Waals surface area contributed by atoms with Gasteiger partial charge in [0.2, 0.25) is 0 Å². The topological polar surface area (TPSA) is 95.5 Å². The van der Waals surface area contributed by atoms with E-state index in [1.54, 1.807) is 0 Å². The molecule has 0 N–H and O–H groups in total. The molecule has 0 aliphatic carbocycles. The Hall–Kier alpha value is -2.59. The van der Waals surface area contributed by atoms with Gasteiger partial charge in [0.25, 0.3) is 5.75 Å².